The van der Waals surface area contributed by atoms with E-state index in [0.717, 1.165) is 12.0 Å². The number of carbonyl (C=O) groups is 1. The van der Waals surface area contributed by atoms with Gasteiger partial charge < -0.3 is 4.90 Å². The highest BCUT2D eigenvalue weighted by molar-refractivity contribution is 9.10. The number of hydrogen-bond donors (Lipinski definition) is 0. The molecule has 0 aliphatic heterocycles. The molecule has 1 amide bonds. The summed E-state index contributed by atoms with van der Waals surface area (Å²) >= 11 is 9.39. The van der Waals surface area contributed by atoms with Crippen LogP contribution in [0.2, 0.25) is 5.02 Å². The van der Waals surface area contributed by atoms with Gasteiger partial charge in [0.25, 0.3) is 0 Å². The van der Waals surface area contributed by atoms with Gasteiger partial charge in [0.15, 0.2) is 0 Å². The second-order valence-corrected chi connectivity index (χ2v) is 5.17. The molecule has 1 aromatic carbocycles. The third kappa shape index (κ3) is 3.49. The Labute approximate surface area is 110 Å². The zero-order valence-electron chi connectivity index (χ0n) is 9.41. The van der Waals surface area contributed by atoms with Crippen LogP contribution in [0.5, 0.6) is 0 Å². The first kappa shape index (κ1) is 13.5. The fourth-order valence-electron chi connectivity index (χ4n) is 1.37. The third-order valence-electron chi connectivity index (χ3n) is 2.37. The predicted molar refractivity (Wildman–Crippen MR) is 70.9 cm³/mol. The fraction of sp³-hybridized carbons (Fsp3) is 0.417. The maximum Gasteiger partial charge on any atom is 0.236 e. The van der Waals surface area contributed by atoms with Crippen LogP contribution in [0.1, 0.15) is 18.9 Å². The molecule has 2 nitrogen and oxygen atoms in total. The summed E-state index contributed by atoms with van der Waals surface area (Å²) in [5.74, 6) is 0.0856. The molecule has 0 heterocycles. The maximum absolute atomic E-state index is 11.8. The van der Waals surface area contributed by atoms with Gasteiger partial charge >= 0.3 is 0 Å². The highest BCUT2D eigenvalue weighted by atomic mass is 79.9. The summed E-state index contributed by atoms with van der Waals surface area (Å²) in [4.78, 5) is 13.4. The van der Waals surface area contributed by atoms with Gasteiger partial charge in [-0.2, -0.15) is 0 Å². The summed E-state index contributed by atoms with van der Waals surface area (Å²) in [6, 6.07) is 7.57. The van der Waals surface area contributed by atoms with Gasteiger partial charge in [-0.05, 0) is 18.1 Å². The molecule has 0 bridgehead atoms. The molecular weight excluding hydrogens is 289 g/mol. The Morgan fingerprint density at radius 2 is 2.12 bits per heavy atom. The van der Waals surface area contributed by atoms with Crippen molar-refractivity contribution in [2.24, 2.45) is 0 Å². The van der Waals surface area contributed by atoms with Crippen molar-refractivity contribution in [3.05, 3.63) is 34.9 Å². The van der Waals surface area contributed by atoms with Crippen LogP contribution in [0, 0.1) is 0 Å². The molecular formula is C12H15BrClNO. The van der Waals surface area contributed by atoms with E-state index in [2.05, 4.69) is 15.9 Å². The summed E-state index contributed by atoms with van der Waals surface area (Å²) in [5, 5.41) is 0.699. The largest absolute Gasteiger partial charge is 0.340 e. The summed E-state index contributed by atoms with van der Waals surface area (Å²) < 4.78 is 0. The molecule has 88 valence electrons. The first-order chi connectivity index (χ1) is 7.56. The van der Waals surface area contributed by atoms with Gasteiger partial charge in [-0.25, -0.2) is 0 Å². The Bertz CT molecular complexity index is 370. The van der Waals surface area contributed by atoms with Crippen molar-refractivity contribution in [3.63, 3.8) is 0 Å². The number of nitrogens with zero attached hydrogens (tertiary/aromatic N) is 1. The molecule has 1 unspecified atom stereocenters. The second-order valence-electron chi connectivity index (χ2n) is 3.66. The van der Waals surface area contributed by atoms with E-state index >= 15 is 0 Å². The van der Waals surface area contributed by atoms with Gasteiger partial charge in [0, 0.05) is 18.6 Å². The van der Waals surface area contributed by atoms with Gasteiger partial charge in [0.1, 0.15) is 0 Å². The molecule has 0 aliphatic rings. The molecule has 0 aromatic heterocycles. The van der Waals surface area contributed by atoms with Crippen molar-refractivity contribution in [1.82, 2.24) is 4.90 Å². The normalized spacial score (nSPS) is 12.2. The van der Waals surface area contributed by atoms with E-state index in [-0.39, 0.29) is 10.7 Å². The zero-order chi connectivity index (χ0) is 12.1. The van der Waals surface area contributed by atoms with Crippen molar-refractivity contribution in [1.29, 1.82) is 0 Å². The molecule has 0 aliphatic carbocycles. The number of rotatable bonds is 4. The Morgan fingerprint density at radius 3 is 2.69 bits per heavy atom. The predicted octanol–water partition coefficient (Wildman–Crippen LogP) is 3.47. The number of alkyl halides is 1. The average Bonchev–Trinajstić information content (AvgIpc) is 2.30. The summed E-state index contributed by atoms with van der Waals surface area (Å²) in [6.07, 6.45) is 0.783. The minimum atomic E-state index is -0.111. The first-order valence-corrected chi connectivity index (χ1v) is 6.48. The number of halogens is 2. The second kappa shape index (κ2) is 6.26. The van der Waals surface area contributed by atoms with Crippen LogP contribution in [0.15, 0.2) is 24.3 Å². The smallest absolute Gasteiger partial charge is 0.236 e. The Balaban J connectivity index is 2.68. The van der Waals surface area contributed by atoms with Crippen molar-refractivity contribution >= 4 is 33.4 Å². The Morgan fingerprint density at radius 1 is 1.50 bits per heavy atom. The molecule has 0 N–H and O–H groups in total. The summed E-state index contributed by atoms with van der Waals surface area (Å²) in [6.45, 7) is 2.52. The lowest BCUT2D eigenvalue weighted by Crippen LogP contribution is -2.32. The fourth-order valence-corrected chi connectivity index (χ4v) is 1.92. The number of hydrogen-bond acceptors (Lipinski definition) is 1. The van der Waals surface area contributed by atoms with Gasteiger partial charge in [0.2, 0.25) is 5.91 Å². The lowest BCUT2D eigenvalue weighted by molar-refractivity contribution is -0.129. The summed E-state index contributed by atoms with van der Waals surface area (Å²) in [5.41, 5.74) is 0.968. The quantitative estimate of drug-likeness (QED) is 0.780. The molecule has 0 saturated heterocycles. The minimum Gasteiger partial charge on any atom is -0.340 e. The molecule has 0 radical (unpaired) electrons. The molecule has 1 rings (SSSR count). The molecule has 4 heteroatoms. The molecule has 1 atom stereocenters. The topological polar surface area (TPSA) is 20.3 Å². The lowest BCUT2D eigenvalue weighted by atomic mass is 10.2. The van der Waals surface area contributed by atoms with Crippen molar-refractivity contribution < 1.29 is 4.79 Å². The van der Waals surface area contributed by atoms with E-state index < -0.39 is 0 Å². The Kier molecular flexibility index (Phi) is 5.29. The third-order valence-corrected chi connectivity index (χ3v) is 3.78. The van der Waals surface area contributed by atoms with Gasteiger partial charge in [-0.15, -0.1) is 0 Å². The Hall–Kier alpha value is -0.540. The standard InChI is InChI=1S/C12H15BrClNO/c1-3-10(13)12(16)15(2)8-9-6-4-5-7-11(9)14/h4-7,10H,3,8H2,1-2H3. The van der Waals surface area contributed by atoms with E-state index in [1.54, 1.807) is 11.9 Å². The molecule has 0 saturated carbocycles. The minimum absolute atomic E-state index is 0.0856. The van der Waals surface area contributed by atoms with E-state index in [4.69, 9.17) is 11.6 Å². The molecule has 1 aromatic rings. The van der Waals surface area contributed by atoms with Crippen LogP contribution in [0.25, 0.3) is 0 Å². The van der Waals surface area contributed by atoms with Gasteiger partial charge in [-0.1, -0.05) is 52.7 Å². The maximum atomic E-state index is 11.8. The van der Waals surface area contributed by atoms with E-state index in [1.165, 1.54) is 0 Å². The molecule has 0 fully saturated rings. The SMILES string of the molecule is CCC(Br)C(=O)N(C)Cc1ccccc1Cl. The van der Waals surface area contributed by atoms with E-state index in [0.29, 0.717) is 11.6 Å². The molecule has 0 spiro atoms. The van der Waals surface area contributed by atoms with Crippen LogP contribution >= 0.6 is 27.5 Å². The number of amides is 1. The van der Waals surface area contributed by atoms with Crippen LogP contribution in [-0.4, -0.2) is 22.7 Å². The van der Waals surface area contributed by atoms with Crippen molar-refractivity contribution in [2.45, 2.75) is 24.7 Å². The van der Waals surface area contributed by atoms with Gasteiger partial charge in [-0.3, -0.25) is 4.79 Å². The van der Waals surface area contributed by atoms with Crippen LogP contribution < -0.4 is 0 Å². The van der Waals surface area contributed by atoms with Crippen LogP contribution in [0.3, 0.4) is 0 Å². The van der Waals surface area contributed by atoms with Gasteiger partial charge in [0.05, 0.1) is 4.83 Å². The lowest BCUT2D eigenvalue weighted by Gasteiger charge is -2.20. The average molecular weight is 305 g/mol. The van der Waals surface area contributed by atoms with Crippen LogP contribution in [-0.2, 0) is 11.3 Å². The number of carbonyl (C=O) groups excluding carboxylic acids is 1. The molecule has 16 heavy (non-hydrogen) atoms. The first-order valence-electron chi connectivity index (χ1n) is 5.18. The highest BCUT2D eigenvalue weighted by Crippen LogP contribution is 2.18. The monoisotopic (exact) mass is 303 g/mol. The van der Waals surface area contributed by atoms with Crippen molar-refractivity contribution in [3.8, 4) is 0 Å². The summed E-state index contributed by atoms with van der Waals surface area (Å²) in [7, 11) is 1.79. The van der Waals surface area contributed by atoms with Crippen molar-refractivity contribution in [2.75, 3.05) is 7.05 Å². The number of benzene rings is 1. The highest BCUT2D eigenvalue weighted by Gasteiger charge is 2.17. The van der Waals surface area contributed by atoms with E-state index in [9.17, 15) is 4.79 Å². The zero-order valence-corrected chi connectivity index (χ0v) is 11.8. The van der Waals surface area contributed by atoms with E-state index in [1.807, 2.05) is 31.2 Å². The van der Waals surface area contributed by atoms with Crippen LogP contribution in [0.4, 0.5) is 0 Å².